The number of halogens is 1. The first kappa shape index (κ1) is 11.9. The lowest BCUT2D eigenvalue weighted by atomic mass is 10.0. The smallest absolute Gasteiger partial charge is 0.269 e. The second-order valence-electron chi connectivity index (χ2n) is 4.90. The highest BCUT2D eigenvalue weighted by Gasteiger charge is 2.47. The van der Waals surface area contributed by atoms with E-state index in [9.17, 15) is 9.18 Å². The molecule has 1 aliphatic rings. The summed E-state index contributed by atoms with van der Waals surface area (Å²) in [6, 6.07) is 16.7. The van der Waals surface area contributed by atoms with E-state index in [0.717, 1.165) is 5.56 Å². The number of para-hydroxylation sites is 1. The van der Waals surface area contributed by atoms with Gasteiger partial charge in [0.2, 0.25) is 5.67 Å². The van der Waals surface area contributed by atoms with Gasteiger partial charge >= 0.3 is 0 Å². The van der Waals surface area contributed by atoms with E-state index in [4.69, 9.17) is 0 Å². The van der Waals surface area contributed by atoms with Gasteiger partial charge in [-0.25, -0.2) is 4.39 Å². The summed E-state index contributed by atoms with van der Waals surface area (Å²) in [5.41, 5.74) is 0.186. The Morgan fingerprint density at radius 3 is 2.42 bits per heavy atom. The summed E-state index contributed by atoms with van der Waals surface area (Å²) in [4.78, 5) is 13.8. The van der Waals surface area contributed by atoms with Crippen LogP contribution in [0.1, 0.15) is 18.1 Å². The molecule has 0 aliphatic carbocycles. The molecule has 0 N–H and O–H groups in total. The molecule has 0 aromatic heterocycles. The van der Waals surface area contributed by atoms with Gasteiger partial charge in [0.25, 0.3) is 5.91 Å². The van der Waals surface area contributed by atoms with Crippen LogP contribution in [0.4, 0.5) is 10.1 Å². The van der Waals surface area contributed by atoms with E-state index in [0.29, 0.717) is 17.8 Å². The lowest BCUT2D eigenvalue weighted by molar-refractivity contribution is -0.128. The summed E-state index contributed by atoms with van der Waals surface area (Å²) in [6.45, 7) is 1.73. The van der Waals surface area contributed by atoms with Gasteiger partial charge in [-0.15, -0.1) is 0 Å². The zero-order chi connectivity index (χ0) is 13.5. The zero-order valence-electron chi connectivity index (χ0n) is 10.6. The number of hydrogen-bond acceptors (Lipinski definition) is 1. The molecule has 96 valence electrons. The topological polar surface area (TPSA) is 20.3 Å². The van der Waals surface area contributed by atoms with Crippen LogP contribution in [0.3, 0.4) is 0 Å². The summed E-state index contributed by atoms with van der Waals surface area (Å²) in [5.74, 6) is -0.488. The molecule has 1 heterocycles. The van der Waals surface area contributed by atoms with Crippen LogP contribution in [0.5, 0.6) is 0 Å². The predicted molar refractivity (Wildman–Crippen MR) is 72.5 cm³/mol. The molecule has 1 unspecified atom stereocenters. The van der Waals surface area contributed by atoms with E-state index in [1.165, 1.54) is 11.8 Å². The van der Waals surface area contributed by atoms with Crippen molar-refractivity contribution in [2.75, 3.05) is 4.90 Å². The Bertz CT molecular complexity index is 622. The number of carbonyl (C=O) groups is 1. The van der Waals surface area contributed by atoms with Crippen molar-refractivity contribution in [3.8, 4) is 0 Å². The third-order valence-corrected chi connectivity index (χ3v) is 3.53. The van der Waals surface area contributed by atoms with Crippen LogP contribution in [0, 0.1) is 0 Å². The quantitative estimate of drug-likeness (QED) is 0.805. The zero-order valence-corrected chi connectivity index (χ0v) is 10.6. The second-order valence-corrected chi connectivity index (χ2v) is 4.90. The second kappa shape index (κ2) is 4.19. The van der Waals surface area contributed by atoms with Gasteiger partial charge in [-0.2, -0.15) is 0 Å². The number of anilines is 1. The average Bonchev–Trinajstić information content (AvgIpc) is 2.62. The monoisotopic (exact) mass is 255 g/mol. The van der Waals surface area contributed by atoms with Crippen LogP contribution in [-0.4, -0.2) is 5.91 Å². The first-order valence-corrected chi connectivity index (χ1v) is 6.25. The van der Waals surface area contributed by atoms with Crippen molar-refractivity contribution in [1.29, 1.82) is 0 Å². The lowest BCUT2D eigenvalue weighted by Crippen LogP contribution is -2.34. The summed E-state index contributed by atoms with van der Waals surface area (Å²) < 4.78 is 14.6. The Labute approximate surface area is 111 Å². The largest absolute Gasteiger partial charge is 0.305 e. The van der Waals surface area contributed by atoms with Gasteiger partial charge in [0.1, 0.15) is 0 Å². The number of benzene rings is 2. The van der Waals surface area contributed by atoms with Crippen LogP contribution in [0.15, 0.2) is 54.6 Å². The van der Waals surface area contributed by atoms with Crippen molar-refractivity contribution in [2.24, 2.45) is 0 Å². The SMILES string of the molecule is CC1(F)C(=O)N(Cc2ccccc2)c2ccccc21. The van der Waals surface area contributed by atoms with Crippen molar-refractivity contribution in [3.63, 3.8) is 0 Å². The number of fused-ring (bicyclic) bond motifs is 1. The third kappa shape index (κ3) is 1.82. The summed E-state index contributed by atoms with van der Waals surface area (Å²) in [6.07, 6.45) is 0. The van der Waals surface area contributed by atoms with E-state index < -0.39 is 11.6 Å². The van der Waals surface area contributed by atoms with E-state index in [-0.39, 0.29) is 0 Å². The van der Waals surface area contributed by atoms with Gasteiger partial charge in [-0.1, -0.05) is 48.5 Å². The molecular weight excluding hydrogens is 241 g/mol. The number of rotatable bonds is 2. The maximum atomic E-state index is 14.6. The Balaban J connectivity index is 2.02. The maximum absolute atomic E-state index is 14.6. The molecule has 0 radical (unpaired) electrons. The van der Waals surface area contributed by atoms with Crippen molar-refractivity contribution < 1.29 is 9.18 Å². The molecule has 1 aliphatic heterocycles. The molecule has 0 bridgehead atoms. The van der Waals surface area contributed by atoms with Gasteiger partial charge in [-0.05, 0) is 18.6 Å². The van der Waals surface area contributed by atoms with Crippen molar-refractivity contribution in [1.82, 2.24) is 0 Å². The molecule has 0 spiro atoms. The molecule has 2 nitrogen and oxygen atoms in total. The summed E-state index contributed by atoms with van der Waals surface area (Å²) >= 11 is 0. The van der Waals surface area contributed by atoms with Crippen molar-refractivity contribution in [2.45, 2.75) is 19.1 Å². The van der Waals surface area contributed by atoms with Gasteiger partial charge in [0.05, 0.1) is 12.2 Å². The van der Waals surface area contributed by atoms with Gasteiger partial charge in [-0.3, -0.25) is 4.79 Å². The van der Waals surface area contributed by atoms with Gasteiger partial charge < -0.3 is 4.90 Å². The molecule has 0 saturated carbocycles. The fraction of sp³-hybridized carbons (Fsp3) is 0.188. The molecule has 3 rings (SSSR count). The van der Waals surface area contributed by atoms with Crippen molar-refractivity contribution in [3.05, 3.63) is 65.7 Å². The minimum atomic E-state index is -1.93. The van der Waals surface area contributed by atoms with E-state index >= 15 is 0 Å². The molecule has 2 aromatic rings. The van der Waals surface area contributed by atoms with Gasteiger partial charge in [0, 0.05) is 5.56 Å². The Hall–Kier alpha value is -2.16. The maximum Gasteiger partial charge on any atom is 0.269 e. The van der Waals surface area contributed by atoms with E-state index in [1.807, 2.05) is 36.4 Å². The average molecular weight is 255 g/mol. The normalized spacial score (nSPS) is 21.6. The number of nitrogens with zero attached hydrogens (tertiary/aromatic N) is 1. The molecule has 1 atom stereocenters. The first-order chi connectivity index (χ1) is 9.10. The molecule has 2 aromatic carbocycles. The molecule has 0 saturated heterocycles. The van der Waals surface area contributed by atoms with Crippen LogP contribution in [0.2, 0.25) is 0 Å². The highest BCUT2D eigenvalue weighted by molar-refractivity contribution is 6.06. The van der Waals surface area contributed by atoms with E-state index in [1.54, 1.807) is 18.2 Å². The van der Waals surface area contributed by atoms with Crippen molar-refractivity contribution >= 4 is 11.6 Å². The Morgan fingerprint density at radius 2 is 1.68 bits per heavy atom. The van der Waals surface area contributed by atoms with Crippen LogP contribution in [0.25, 0.3) is 0 Å². The Kier molecular flexibility index (Phi) is 2.63. The highest BCUT2D eigenvalue weighted by Crippen LogP contribution is 2.43. The lowest BCUT2D eigenvalue weighted by Gasteiger charge is -2.18. The number of alkyl halides is 1. The first-order valence-electron chi connectivity index (χ1n) is 6.25. The number of carbonyl (C=O) groups excluding carboxylic acids is 1. The standard InChI is InChI=1S/C16H14FNO/c1-16(17)13-9-5-6-10-14(13)18(15(16)19)11-12-7-3-2-4-8-12/h2-10H,11H2,1H3. The minimum absolute atomic E-state index is 0.399. The predicted octanol–water partition coefficient (Wildman–Crippen LogP) is 3.42. The number of hydrogen-bond donors (Lipinski definition) is 0. The van der Waals surface area contributed by atoms with Gasteiger partial charge in [0.15, 0.2) is 0 Å². The van der Waals surface area contributed by atoms with E-state index in [2.05, 4.69) is 0 Å². The third-order valence-electron chi connectivity index (χ3n) is 3.53. The minimum Gasteiger partial charge on any atom is -0.305 e. The number of amides is 1. The molecule has 1 amide bonds. The summed E-state index contributed by atoms with van der Waals surface area (Å²) in [7, 11) is 0. The van der Waals surface area contributed by atoms with Crippen LogP contribution < -0.4 is 4.90 Å². The van der Waals surface area contributed by atoms with Crippen LogP contribution >= 0.6 is 0 Å². The summed E-state index contributed by atoms with van der Waals surface area (Å²) in [5, 5.41) is 0. The molecular formula is C16H14FNO. The molecule has 0 fully saturated rings. The van der Waals surface area contributed by atoms with Crippen LogP contribution in [-0.2, 0) is 17.0 Å². The fourth-order valence-corrected chi connectivity index (χ4v) is 2.51. The Morgan fingerprint density at radius 1 is 1.05 bits per heavy atom. The fourth-order valence-electron chi connectivity index (χ4n) is 2.51. The molecule has 19 heavy (non-hydrogen) atoms. The molecule has 3 heteroatoms. The highest BCUT2D eigenvalue weighted by atomic mass is 19.1.